The van der Waals surface area contributed by atoms with Crippen molar-refractivity contribution >= 4 is 10.0 Å². The van der Waals surface area contributed by atoms with Crippen LogP contribution in [0.2, 0.25) is 0 Å². The summed E-state index contributed by atoms with van der Waals surface area (Å²) in [4.78, 5) is 2.17. The SMILES string of the molecule is CN(C)[C@H](CNS(=O)(=O)c1ccccc1)c1ccco1. The quantitative estimate of drug-likeness (QED) is 0.883. The van der Waals surface area contributed by atoms with Crippen molar-refractivity contribution in [3.8, 4) is 0 Å². The van der Waals surface area contributed by atoms with Crippen LogP contribution in [-0.4, -0.2) is 34.0 Å². The first-order valence-electron chi connectivity index (χ1n) is 6.25. The molecule has 0 saturated heterocycles. The summed E-state index contributed by atoms with van der Waals surface area (Å²) in [6, 6.07) is 11.8. The Bertz CT molecular complexity index is 622. The van der Waals surface area contributed by atoms with Crippen molar-refractivity contribution < 1.29 is 12.8 Å². The molecule has 0 aliphatic heterocycles. The smallest absolute Gasteiger partial charge is 0.240 e. The van der Waals surface area contributed by atoms with Crippen molar-refractivity contribution in [1.29, 1.82) is 0 Å². The van der Waals surface area contributed by atoms with Crippen LogP contribution in [0.4, 0.5) is 0 Å². The molecule has 0 unspecified atom stereocenters. The Hall–Kier alpha value is -1.63. The monoisotopic (exact) mass is 294 g/mol. The minimum absolute atomic E-state index is 0.150. The zero-order chi connectivity index (χ0) is 14.6. The van der Waals surface area contributed by atoms with Gasteiger partial charge in [0.15, 0.2) is 0 Å². The van der Waals surface area contributed by atoms with Crippen LogP contribution in [0.25, 0.3) is 0 Å². The van der Waals surface area contributed by atoms with E-state index in [2.05, 4.69) is 4.72 Å². The summed E-state index contributed by atoms with van der Waals surface area (Å²) >= 11 is 0. The van der Waals surface area contributed by atoms with Crippen molar-refractivity contribution in [2.45, 2.75) is 10.9 Å². The van der Waals surface area contributed by atoms with Crippen LogP contribution in [0.15, 0.2) is 58.0 Å². The Morgan fingerprint density at radius 2 is 1.85 bits per heavy atom. The molecule has 0 fully saturated rings. The molecule has 0 amide bonds. The molecule has 1 aromatic heterocycles. The highest BCUT2D eigenvalue weighted by Crippen LogP contribution is 2.18. The first-order chi connectivity index (χ1) is 9.50. The van der Waals surface area contributed by atoms with Gasteiger partial charge in [0.1, 0.15) is 5.76 Å². The fraction of sp³-hybridized carbons (Fsp3) is 0.286. The van der Waals surface area contributed by atoms with E-state index in [0.29, 0.717) is 0 Å². The summed E-state index contributed by atoms with van der Waals surface area (Å²) < 4.78 is 32.3. The van der Waals surface area contributed by atoms with Crippen molar-refractivity contribution in [2.75, 3.05) is 20.6 Å². The number of sulfonamides is 1. The van der Waals surface area contributed by atoms with Crippen molar-refractivity contribution in [2.24, 2.45) is 0 Å². The molecule has 2 rings (SSSR count). The molecule has 0 aliphatic rings. The number of nitrogens with zero attached hydrogens (tertiary/aromatic N) is 1. The van der Waals surface area contributed by atoms with Gasteiger partial charge >= 0.3 is 0 Å². The largest absolute Gasteiger partial charge is 0.468 e. The van der Waals surface area contributed by atoms with E-state index in [9.17, 15) is 8.42 Å². The van der Waals surface area contributed by atoms with Crippen LogP contribution in [0, 0.1) is 0 Å². The highest BCUT2D eigenvalue weighted by Gasteiger charge is 2.21. The Morgan fingerprint density at radius 1 is 1.15 bits per heavy atom. The molecule has 0 radical (unpaired) electrons. The lowest BCUT2D eigenvalue weighted by Gasteiger charge is -2.22. The summed E-state index contributed by atoms with van der Waals surface area (Å²) in [5.74, 6) is 0.728. The molecule has 1 N–H and O–H groups in total. The van der Waals surface area contributed by atoms with E-state index in [1.54, 1.807) is 42.7 Å². The van der Waals surface area contributed by atoms with E-state index in [-0.39, 0.29) is 17.5 Å². The minimum Gasteiger partial charge on any atom is -0.468 e. The average molecular weight is 294 g/mol. The first-order valence-corrected chi connectivity index (χ1v) is 7.73. The predicted molar refractivity (Wildman–Crippen MR) is 76.8 cm³/mol. The van der Waals surface area contributed by atoms with E-state index in [4.69, 9.17) is 4.42 Å². The molecule has 0 saturated carbocycles. The van der Waals surface area contributed by atoms with Crippen LogP contribution in [0.1, 0.15) is 11.8 Å². The average Bonchev–Trinajstić information content (AvgIpc) is 2.93. The van der Waals surface area contributed by atoms with Gasteiger partial charge in [0.25, 0.3) is 0 Å². The number of hydrogen-bond donors (Lipinski definition) is 1. The standard InChI is InChI=1S/C14H18N2O3S/c1-16(2)13(14-9-6-10-19-14)11-15-20(17,18)12-7-4-3-5-8-12/h3-10,13,15H,11H2,1-2H3/t13-/m1/s1. The third-order valence-electron chi connectivity index (χ3n) is 3.02. The fourth-order valence-corrected chi connectivity index (χ4v) is 2.95. The number of rotatable bonds is 6. The molecule has 1 aromatic carbocycles. The van der Waals surface area contributed by atoms with Crippen LogP contribution >= 0.6 is 0 Å². The van der Waals surface area contributed by atoms with Gasteiger partial charge in [0.2, 0.25) is 10.0 Å². The van der Waals surface area contributed by atoms with Gasteiger partial charge in [-0.05, 0) is 38.4 Å². The molecular weight excluding hydrogens is 276 g/mol. The molecule has 0 spiro atoms. The number of nitrogens with one attached hydrogen (secondary N) is 1. The van der Waals surface area contributed by atoms with Crippen molar-refractivity contribution in [3.05, 3.63) is 54.5 Å². The van der Waals surface area contributed by atoms with Crippen LogP contribution < -0.4 is 4.72 Å². The van der Waals surface area contributed by atoms with E-state index < -0.39 is 10.0 Å². The van der Waals surface area contributed by atoms with E-state index in [0.717, 1.165) is 5.76 Å². The molecule has 1 heterocycles. The molecule has 1 atom stereocenters. The summed E-state index contributed by atoms with van der Waals surface area (Å²) in [5.41, 5.74) is 0. The number of likely N-dealkylation sites (N-methyl/N-ethyl adjacent to an activating group) is 1. The molecular formula is C14H18N2O3S. The van der Waals surface area contributed by atoms with Gasteiger partial charge in [-0.25, -0.2) is 13.1 Å². The van der Waals surface area contributed by atoms with Gasteiger partial charge in [0, 0.05) is 6.54 Å². The van der Waals surface area contributed by atoms with Crippen LogP contribution in [0.3, 0.4) is 0 Å². The lowest BCUT2D eigenvalue weighted by atomic mass is 10.2. The Kier molecular flexibility index (Phi) is 4.59. The number of furan rings is 1. The highest BCUT2D eigenvalue weighted by molar-refractivity contribution is 7.89. The molecule has 0 aliphatic carbocycles. The van der Waals surface area contributed by atoms with Gasteiger partial charge in [-0.3, -0.25) is 4.90 Å². The van der Waals surface area contributed by atoms with Crippen LogP contribution in [0.5, 0.6) is 0 Å². The first kappa shape index (κ1) is 14.8. The van der Waals surface area contributed by atoms with Gasteiger partial charge in [-0.1, -0.05) is 18.2 Å². The van der Waals surface area contributed by atoms with E-state index in [1.165, 1.54) is 0 Å². The summed E-state index contributed by atoms with van der Waals surface area (Å²) in [5, 5.41) is 0. The minimum atomic E-state index is -3.50. The molecule has 0 bridgehead atoms. The summed E-state index contributed by atoms with van der Waals surface area (Å²) in [6.07, 6.45) is 1.58. The maximum absolute atomic E-state index is 12.2. The molecule has 6 heteroatoms. The van der Waals surface area contributed by atoms with Crippen molar-refractivity contribution in [1.82, 2.24) is 9.62 Å². The lowest BCUT2D eigenvalue weighted by molar-refractivity contribution is 0.259. The van der Waals surface area contributed by atoms with Gasteiger partial charge < -0.3 is 4.42 Å². The zero-order valence-corrected chi connectivity index (χ0v) is 12.3. The van der Waals surface area contributed by atoms with E-state index in [1.807, 2.05) is 25.1 Å². The lowest BCUT2D eigenvalue weighted by Crippen LogP contribution is -2.34. The second-order valence-electron chi connectivity index (χ2n) is 4.66. The Balaban J connectivity index is 2.10. The second kappa shape index (κ2) is 6.21. The maximum Gasteiger partial charge on any atom is 0.240 e. The topological polar surface area (TPSA) is 62.6 Å². The van der Waals surface area contributed by atoms with Crippen molar-refractivity contribution in [3.63, 3.8) is 0 Å². The van der Waals surface area contributed by atoms with E-state index >= 15 is 0 Å². The second-order valence-corrected chi connectivity index (χ2v) is 6.43. The van der Waals surface area contributed by atoms with Gasteiger partial charge in [-0.2, -0.15) is 0 Å². The number of hydrogen-bond acceptors (Lipinski definition) is 4. The molecule has 108 valence electrons. The fourth-order valence-electron chi connectivity index (χ4n) is 1.89. The Labute approximate surface area is 119 Å². The third-order valence-corrected chi connectivity index (χ3v) is 4.45. The molecule has 20 heavy (non-hydrogen) atoms. The molecule has 2 aromatic rings. The van der Waals surface area contributed by atoms with Gasteiger partial charge in [0.05, 0.1) is 17.2 Å². The predicted octanol–water partition coefficient (Wildman–Crippen LogP) is 1.86. The normalized spacial score (nSPS) is 13.6. The summed E-state index contributed by atoms with van der Waals surface area (Å²) in [6.45, 7) is 0.248. The van der Waals surface area contributed by atoms with Gasteiger partial charge in [-0.15, -0.1) is 0 Å². The maximum atomic E-state index is 12.2. The molecule has 5 nitrogen and oxygen atoms in total. The Morgan fingerprint density at radius 3 is 2.40 bits per heavy atom. The highest BCUT2D eigenvalue weighted by atomic mass is 32.2. The number of benzene rings is 1. The zero-order valence-electron chi connectivity index (χ0n) is 11.5. The summed E-state index contributed by atoms with van der Waals surface area (Å²) in [7, 11) is 0.260. The third kappa shape index (κ3) is 3.47. The van der Waals surface area contributed by atoms with Crippen LogP contribution in [-0.2, 0) is 10.0 Å².